The molecule has 1 fully saturated rings. The first-order valence-corrected chi connectivity index (χ1v) is 9.59. The van der Waals surface area contributed by atoms with E-state index in [4.69, 9.17) is 0 Å². The zero-order chi connectivity index (χ0) is 20.1. The number of carbonyl (C=O) groups excluding carboxylic acids is 1. The Morgan fingerprint density at radius 2 is 1.79 bits per heavy atom. The Balaban J connectivity index is 1.31. The third kappa shape index (κ3) is 4.87. The molecule has 0 aliphatic carbocycles. The van der Waals surface area contributed by atoms with Gasteiger partial charge in [-0.05, 0) is 42.0 Å². The van der Waals surface area contributed by atoms with E-state index in [-0.39, 0.29) is 18.1 Å². The quantitative estimate of drug-likeness (QED) is 0.724. The number of hydrogen-bond acceptors (Lipinski definition) is 5. The topological polar surface area (TPSA) is 61.4 Å². The fourth-order valence-electron chi connectivity index (χ4n) is 3.40. The Morgan fingerprint density at radius 1 is 0.966 bits per heavy atom. The van der Waals surface area contributed by atoms with Crippen LogP contribution in [-0.4, -0.2) is 42.1 Å². The maximum atomic E-state index is 13.2. The SMILES string of the molecule is O=C(Cc1cccc(F)c1)Nc1ccc(N2CCN(c3ccccn3)CC2)cn1. The maximum Gasteiger partial charge on any atom is 0.229 e. The lowest BCUT2D eigenvalue weighted by Gasteiger charge is -2.36. The standard InChI is InChI=1S/C22H22FN5O/c23-18-5-3-4-17(14-18)15-22(29)26-20-8-7-19(16-25-20)27-10-12-28(13-11-27)21-6-1-2-9-24-21/h1-9,14,16H,10-13,15H2,(H,25,26,29). The predicted molar refractivity (Wildman–Crippen MR) is 112 cm³/mol. The van der Waals surface area contributed by atoms with E-state index in [2.05, 4.69) is 25.1 Å². The third-order valence-electron chi connectivity index (χ3n) is 4.89. The average Bonchev–Trinajstić information content (AvgIpc) is 2.75. The van der Waals surface area contributed by atoms with Gasteiger partial charge in [-0.1, -0.05) is 18.2 Å². The summed E-state index contributed by atoms with van der Waals surface area (Å²) in [4.78, 5) is 25.5. The number of benzene rings is 1. The molecule has 1 aliphatic rings. The zero-order valence-electron chi connectivity index (χ0n) is 16.0. The van der Waals surface area contributed by atoms with Crippen molar-refractivity contribution >= 4 is 23.2 Å². The minimum Gasteiger partial charge on any atom is -0.367 e. The largest absolute Gasteiger partial charge is 0.367 e. The number of nitrogens with one attached hydrogen (secondary N) is 1. The van der Waals surface area contributed by atoms with Crippen molar-refractivity contribution in [3.63, 3.8) is 0 Å². The first-order valence-electron chi connectivity index (χ1n) is 9.59. The van der Waals surface area contributed by atoms with Gasteiger partial charge >= 0.3 is 0 Å². The van der Waals surface area contributed by atoms with E-state index in [0.717, 1.165) is 37.7 Å². The molecule has 0 spiro atoms. The summed E-state index contributed by atoms with van der Waals surface area (Å²) in [6, 6.07) is 15.7. The van der Waals surface area contributed by atoms with Gasteiger partial charge in [0.25, 0.3) is 0 Å². The van der Waals surface area contributed by atoms with Gasteiger partial charge in [-0.25, -0.2) is 14.4 Å². The number of amides is 1. The van der Waals surface area contributed by atoms with Crippen LogP contribution in [0.4, 0.5) is 21.7 Å². The predicted octanol–water partition coefficient (Wildman–Crippen LogP) is 3.12. The van der Waals surface area contributed by atoms with Crippen molar-refractivity contribution in [2.75, 3.05) is 41.3 Å². The molecule has 29 heavy (non-hydrogen) atoms. The van der Waals surface area contributed by atoms with Crippen molar-refractivity contribution < 1.29 is 9.18 Å². The number of hydrogen-bond donors (Lipinski definition) is 1. The first kappa shape index (κ1) is 18.9. The molecule has 0 atom stereocenters. The molecule has 6 nitrogen and oxygen atoms in total. The summed E-state index contributed by atoms with van der Waals surface area (Å²) in [7, 11) is 0. The van der Waals surface area contributed by atoms with E-state index in [1.807, 2.05) is 30.5 Å². The van der Waals surface area contributed by atoms with Crippen molar-refractivity contribution in [2.45, 2.75) is 6.42 Å². The number of halogens is 1. The van der Waals surface area contributed by atoms with Gasteiger partial charge in [-0.2, -0.15) is 0 Å². The fraction of sp³-hybridized carbons (Fsp3) is 0.227. The number of piperazine rings is 1. The van der Waals surface area contributed by atoms with Gasteiger partial charge in [-0.15, -0.1) is 0 Å². The number of pyridine rings is 2. The van der Waals surface area contributed by atoms with Crippen LogP contribution in [0.5, 0.6) is 0 Å². The highest BCUT2D eigenvalue weighted by Crippen LogP contribution is 2.19. The lowest BCUT2D eigenvalue weighted by Crippen LogP contribution is -2.46. The summed E-state index contributed by atoms with van der Waals surface area (Å²) in [5.41, 5.74) is 1.65. The van der Waals surface area contributed by atoms with Crippen molar-refractivity contribution in [3.8, 4) is 0 Å². The fourth-order valence-corrected chi connectivity index (χ4v) is 3.40. The molecule has 0 bridgehead atoms. The number of carbonyl (C=O) groups is 1. The second kappa shape index (κ2) is 8.68. The lowest BCUT2D eigenvalue weighted by atomic mass is 10.1. The number of nitrogens with zero attached hydrogens (tertiary/aromatic N) is 4. The van der Waals surface area contributed by atoms with E-state index in [1.165, 1.54) is 12.1 Å². The number of anilines is 3. The van der Waals surface area contributed by atoms with Gasteiger partial charge in [0.15, 0.2) is 0 Å². The monoisotopic (exact) mass is 391 g/mol. The molecule has 0 radical (unpaired) electrons. The highest BCUT2D eigenvalue weighted by atomic mass is 19.1. The molecule has 3 aromatic rings. The summed E-state index contributed by atoms with van der Waals surface area (Å²) in [6.45, 7) is 3.54. The van der Waals surface area contributed by atoms with Gasteiger partial charge < -0.3 is 15.1 Å². The summed E-state index contributed by atoms with van der Waals surface area (Å²) >= 11 is 0. The van der Waals surface area contributed by atoms with E-state index < -0.39 is 0 Å². The smallest absolute Gasteiger partial charge is 0.229 e. The Labute approximate surface area is 169 Å². The van der Waals surface area contributed by atoms with Gasteiger partial charge in [0, 0.05) is 32.4 Å². The van der Waals surface area contributed by atoms with Crippen LogP contribution in [0.15, 0.2) is 67.0 Å². The van der Waals surface area contributed by atoms with E-state index in [1.54, 1.807) is 24.4 Å². The summed E-state index contributed by atoms with van der Waals surface area (Å²) < 4.78 is 13.2. The molecule has 0 unspecified atom stereocenters. The van der Waals surface area contributed by atoms with Gasteiger partial charge in [0.2, 0.25) is 5.91 Å². The molecule has 3 heterocycles. The molecule has 1 N–H and O–H groups in total. The molecule has 1 saturated heterocycles. The Kier molecular flexibility index (Phi) is 5.65. The van der Waals surface area contributed by atoms with Crippen LogP contribution < -0.4 is 15.1 Å². The summed E-state index contributed by atoms with van der Waals surface area (Å²) in [6.07, 6.45) is 3.69. The Bertz CT molecular complexity index is 956. The zero-order valence-corrected chi connectivity index (χ0v) is 16.0. The Morgan fingerprint density at radius 3 is 2.48 bits per heavy atom. The van der Waals surface area contributed by atoms with E-state index >= 15 is 0 Å². The number of aromatic nitrogens is 2. The molecule has 0 saturated carbocycles. The Hall–Kier alpha value is -3.48. The van der Waals surface area contributed by atoms with Gasteiger partial charge in [0.1, 0.15) is 17.5 Å². The van der Waals surface area contributed by atoms with Crippen LogP contribution >= 0.6 is 0 Å². The van der Waals surface area contributed by atoms with Crippen LogP contribution in [0.25, 0.3) is 0 Å². The molecular weight excluding hydrogens is 369 g/mol. The molecule has 7 heteroatoms. The number of rotatable bonds is 5. The molecule has 1 aliphatic heterocycles. The second-order valence-corrected chi connectivity index (χ2v) is 6.92. The average molecular weight is 391 g/mol. The maximum absolute atomic E-state index is 13.2. The molecule has 4 rings (SSSR count). The molecular formula is C22H22FN5O. The van der Waals surface area contributed by atoms with Crippen LogP contribution in [0.3, 0.4) is 0 Å². The summed E-state index contributed by atoms with van der Waals surface area (Å²) in [5.74, 6) is 0.921. The second-order valence-electron chi connectivity index (χ2n) is 6.92. The lowest BCUT2D eigenvalue weighted by molar-refractivity contribution is -0.115. The van der Waals surface area contributed by atoms with Gasteiger partial charge in [-0.3, -0.25) is 4.79 Å². The van der Waals surface area contributed by atoms with Crippen molar-refractivity contribution in [3.05, 3.63) is 78.4 Å². The van der Waals surface area contributed by atoms with Gasteiger partial charge in [0.05, 0.1) is 18.3 Å². The summed E-state index contributed by atoms with van der Waals surface area (Å²) in [5, 5.41) is 2.76. The van der Waals surface area contributed by atoms with Crippen LogP contribution in [-0.2, 0) is 11.2 Å². The molecule has 148 valence electrons. The minimum atomic E-state index is -0.346. The van der Waals surface area contributed by atoms with E-state index in [0.29, 0.717) is 11.4 Å². The first-order chi connectivity index (χ1) is 14.2. The van der Waals surface area contributed by atoms with Crippen LogP contribution in [0.1, 0.15) is 5.56 Å². The third-order valence-corrected chi connectivity index (χ3v) is 4.89. The van der Waals surface area contributed by atoms with Crippen molar-refractivity contribution in [2.24, 2.45) is 0 Å². The van der Waals surface area contributed by atoms with Crippen molar-refractivity contribution in [1.82, 2.24) is 9.97 Å². The van der Waals surface area contributed by atoms with Crippen LogP contribution in [0, 0.1) is 5.82 Å². The molecule has 1 aromatic carbocycles. The molecule has 1 amide bonds. The van der Waals surface area contributed by atoms with Crippen molar-refractivity contribution in [1.29, 1.82) is 0 Å². The van der Waals surface area contributed by atoms with E-state index in [9.17, 15) is 9.18 Å². The normalized spacial score (nSPS) is 14.0. The van der Waals surface area contributed by atoms with Crippen LogP contribution in [0.2, 0.25) is 0 Å². The highest BCUT2D eigenvalue weighted by molar-refractivity contribution is 5.91. The highest BCUT2D eigenvalue weighted by Gasteiger charge is 2.18. The molecule has 2 aromatic heterocycles. The minimum absolute atomic E-state index is 0.108.